The van der Waals surface area contributed by atoms with Gasteiger partial charge < -0.3 is 15.5 Å². The van der Waals surface area contributed by atoms with E-state index in [0.29, 0.717) is 23.6 Å². The number of rotatable bonds is 7. The monoisotopic (exact) mass is 402 g/mol. The molecular weight excluding hydrogens is 372 g/mol. The van der Waals surface area contributed by atoms with Crippen LogP contribution in [0.4, 0.5) is 0 Å². The van der Waals surface area contributed by atoms with E-state index < -0.39 is 0 Å². The predicted molar refractivity (Wildman–Crippen MR) is 124 cm³/mol. The standard InChI is InChI=1S/C26H30N2O2/c1-4-19-10-11-20(17(2)3)14-21(19)22-15-23(25(30)16-24(22)29)26(27)28-13-12-18-8-6-5-7-9-18/h5-11,14-17,29-30H,4,12-13H2,1-3H3,(H2,27,28). The van der Waals surface area contributed by atoms with E-state index >= 15 is 0 Å². The summed E-state index contributed by atoms with van der Waals surface area (Å²) in [6.07, 6.45) is 1.61. The van der Waals surface area contributed by atoms with Gasteiger partial charge in [0.1, 0.15) is 17.3 Å². The Hall–Kier alpha value is -3.27. The number of phenolic OH excluding ortho intramolecular Hbond substituents is 2. The number of hydrogen-bond donors (Lipinski definition) is 4. The quantitative estimate of drug-likeness (QED) is 0.306. The van der Waals surface area contributed by atoms with E-state index in [1.807, 2.05) is 18.2 Å². The van der Waals surface area contributed by atoms with Crippen molar-refractivity contribution < 1.29 is 10.2 Å². The van der Waals surface area contributed by atoms with Gasteiger partial charge in [0.15, 0.2) is 0 Å². The van der Waals surface area contributed by atoms with E-state index in [4.69, 9.17) is 5.41 Å². The number of aryl methyl sites for hydroxylation is 1. The molecule has 3 rings (SSSR count). The number of phenols is 2. The van der Waals surface area contributed by atoms with Gasteiger partial charge in [0.05, 0.1) is 5.56 Å². The van der Waals surface area contributed by atoms with Crippen molar-refractivity contribution in [2.24, 2.45) is 0 Å². The van der Waals surface area contributed by atoms with Crippen molar-refractivity contribution in [1.82, 2.24) is 5.32 Å². The first-order valence-corrected chi connectivity index (χ1v) is 10.5. The second-order valence-corrected chi connectivity index (χ2v) is 7.85. The molecule has 3 aromatic carbocycles. The average Bonchev–Trinajstić information content (AvgIpc) is 2.74. The van der Waals surface area contributed by atoms with E-state index in [9.17, 15) is 10.2 Å². The van der Waals surface area contributed by atoms with Crippen molar-refractivity contribution in [1.29, 1.82) is 5.41 Å². The predicted octanol–water partition coefficient (Wildman–Crippen LogP) is 5.61. The molecule has 3 aromatic rings. The molecule has 0 aromatic heterocycles. The summed E-state index contributed by atoms with van der Waals surface area (Å²) < 4.78 is 0. The second-order valence-electron chi connectivity index (χ2n) is 7.85. The lowest BCUT2D eigenvalue weighted by atomic mass is 9.91. The van der Waals surface area contributed by atoms with E-state index in [1.54, 1.807) is 6.07 Å². The van der Waals surface area contributed by atoms with Gasteiger partial charge in [0, 0.05) is 18.2 Å². The SMILES string of the molecule is CCc1ccc(C(C)C)cc1-c1cc(C(=N)NCCc2ccccc2)c(O)cc1O. The summed E-state index contributed by atoms with van der Waals surface area (Å²) in [6, 6.07) is 19.4. The van der Waals surface area contributed by atoms with Gasteiger partial charge >= 0.3 is 0 Å². The molecule has 0 atom stereocenters. The minimum absolute atomic E-state index is 0.0175. The molecule has 0 aliphatic rings. The fraction of sp³-hybridized carbons (Fsp3) is 0.269. The normalized spacial score (nSPS) is 10.9. The van der Waals surface area contributed by atoms with Crippen LogP contribution >= 0.6 is 0 Å². The molecule has 0 saturated carbocycles. The number of amidine groups is 1. The highest BCUT2D eigenvalue weighted by Crippen LogP contribution is 2.38. The van der Waals surface area contributed by atoms with E-state index in [0.717, 1.165) is 24.0 Å². The van der Waals surface area contributed by atoms with Gasteiger partial charge in [-0.1, -0.05) is 69.3 Å². The second kappa shape index (κ2) is 9.49. The number of benzene rings is 3. The molecule has 156 valence electrons. The molecule has 0 bridgehead atoms. The van der Waals surface area contributed by atoms with Crippen LogP contribution in [0.2, 0.25) is 0 Å². The summed E-state index contributed by atoms with van der Waals surface area (Å²) in [6.45, 7) is 6.94. The van der Waals surface area contributed by atoms with E-state index in [2.05, 4.69) is 56.4 Å². The first-order valence-electron chi connectivity index (χ1n) is 10.5. The summed E-state index contributed by atoms with van der Waals surface area (Å²) in [7, 11) is 0. The van der Waals surface area contributed by atoms with Crippen LogP contribution in [-0.4, -0.2) is 22.6 Å². The maximum Gasteiger partial charge on any atom is 0.130 e. The molecule has 0 fully saturated rings. The highest BCUT2D eigenvalue weighted by Gasteiger charge is 2.17. The van der Waals surface area contributed by atoms with Crippen LogP contribution in [0.5, 0.6) is 11.5 Å². The Morgan fingerprint density at radius 1 is 0.933 bits per heavy atom. The summed E-state index contributed by atoms with van der Waals surface area (Å²) in [5.74, 6) is 0.421. The molecule has 0 unspecified atom stereocenters. The molecule has 0 amide bonds. The van der Waals surface area contributed by atoms with E-state index in [1.165, 1.54) is 17.2 Å². The van der Waals surface area contributed by atoms with Gasteiger partial charge in [0.2, 0.25) is 0 Å². The van der Waals surface area contributed by atoms with Crippen LogP contribution in [0.3, 0.4) is 0 Å². The van der Waals surface area contributed by atoms with Crippen molar-refractivity contribution in [3.05, 3.63) is 82.9 Å². The summed E-state index contributed by atoms with van der Waals surface area (Å²) in [5.41, 5.74) is 5.46. The van der Waals surface area contributed by atoms with Crippen LogP contribution in [-0.2, 0) is 12.8 Å². The molecule has 4 nitrogen and oxygen atoms in total. The molecule has 0 spiro atoms. The van der Waals surface area contributed by atoms with Crippen molar-refractivity contribution in [2.75, 3.05) is 6.54 Å². The Morgan fingerprint density at radius 3 is 2.33 bits per heavy atom. The third-order valence-corrected chi connectivity index (χ3v) is 5.41. The van der Waals surface area contributed by atoms with Gasteiger partial charge in [-0.15, -0.1) is 0 Å². The lowest BCUT2D eigenvalue weighted by Gasteiger charge is -2.17. The number of aromatic hydroxyl groups is 2. The zero-order valence-electron chi connectivity index (χ0n) is 17.9. The lowest BCUT2D eigenvalue weighted by molar-refractivity contribution is 0.451. The van der Waals surface area contributed by atoms with Crippen LogP contribution < -0.4 is 5.32 Å². The molecule has 0 saturated heterocycles. The Kier molecular flexibility index (Phi) is 6.78. The van der Waals surface area contributed by atoms with Crippen LogP contribution in [0, 0.1) is 5.41 Å². The van der Waals surface area contributed by atoms with Crippen molar-refractivity contribution in [2.45, 2.75) is 39.5 Å². The lowest BCUT2D eigenvalue weighted by Crippen LogP contribution is -2.25. The third kappa shape index (κ3) is 4.82. The fourth-order valence-corrected chi connectivity index (χ4v) is 3.58. The van der Waals surface area contributed by atoms with Crippen LogP contribution in [0.15, 0.2) is 60.7 Å². The van der Waals surface area contributed by atoms with E-state index in [-0.39, 0.29) is 17.3 Å². The highest BCUT2D eigenvalue weighted by molar-refractivity contribution is 6.00. The number of hydrogen-bond acceptors (Lipinski definition) is 3. The summed E-state index contributed by atoms with van der Waals surface area (Å²) >= 11 is 0. The van der Waals surface area contributed by atoms with Crippen molar-refractivity contribution in [3.63, 3.8) is 0 Å². The number of nitrogens with one attached hydrogen (secondary N) is 2. The van der Waals surface area contributed by atoms with Gasteiger partial charge in [-0.25, -0.2) is 0 Å². The summed E-state index contributed by atoms with van der Waals surface area (Å²) in [4.78, 5) is 0. The van der Waals surface area contributed by atoms with Gasteiger partial charge in [0.25, 0.3) is 0 Å². The fourth-order valence-electron chi connectivity index (χ4n) is 3.58. The topological polar surface area (TPSA) is 76.3 Å². The molecule has 4 heteroatoms. The minimum atomic E-state index is -0.105. The highest BCUT2D eigenvalue weighted by atomic mass is 16.3. The zero-order chi connectivity index (χ0) is 21.7. The minimum Gasteiger partial charge on any atom is -0.507 e. The third-order valence-electron chi connectivity index (χ3n) is 5.41. The van der Waals surface area contributed by atoms with Gasteiger partial charge in [-0.3, -0.25) is 5.41 Å². The average molecular weight is 403 g/mol. The Labute approximate surface area is 178 Å². The Morgan fingerprint density at radius 2 is 1.67 bits per heavy atom. The van der Waals surface area contributed by atoms with Crippen molar-refractivity contribution in [3.8, 4) is 22.6 Å². The Bertz CT molecular complexity index is 1030. The molecule has 0 heterocycles. The maximum absolute atomic E-state index is 10.6. The largest absolute Gasteiger partial charge is 0.507 e. The first kappa shape index (κ1) is 21.4. The van der Waals surface area contributed by atoms with Crippen molar-refractivity contribution >= 4 is 5.84 Å². The zero-order valence-corrected chi connectivity index (χ0v) is 17.9. The van der Waals surface area contributed by atoms with Crippen LogP contribution in [0.1, 0.15) is 48.9 Å². The molecule has 30 heavy (non-hydrogen) atoms. The first-order chi connectivity index (χ1) is 14.4. The molecule has 4 N–H and O–H groups in total. The van der Waals surface area contributed by atoms with Gasteiger partial charge in [-0.05, 0) is 47.1 Å². The smallest absolute Gasteiger partial charge is 0.130 e. The van der Waals surface area contributed by atoms with Gasteiger partial charge in [-0.2, -0.15) is 0 Å². The molecule has 0 aliphatic carbocycles. The molecular formula is C26H30N2O2. The molecule has 0 aliphatic heterocycles. The Balaban J connectivity index is 1.89. The maximum atomic E-state index is 10.6. The molecule has 0 radical (unpaired) electrons. The summed E-state index contributed by atoms with van der Waals surface area (Å²) in [5, 5.41) is 32.5. The van der Waals surface area contributed by atoms with Crippen LogP contribution in [0.25, 0.3) is 11.1 Å².